The number of hydrogen-bond donors (Lipinski definition) is 2. The third-order valence-corrected chi connectivity index (χ3v) is 2.49. The molecule has 0 fully saturated rings. The maximum atomic E-state index is 13.4. The molecule has 0 saturated carbocycles. The van der Waals surface area contributed by atoms with Crippen molar-refractivity contribution in [2.75, 3.05) is 5.32 Å². The monoisotopic (exact) mass is 296 g/mol. The molecule has 2 rings (SSSR count). The first-order chi connectivity index (χ1) is 9.88. The molecule has 0 spiro atoms. The van der Waals surface area contributed by atoms with Crippen LogP contribution in [0, 0.1) is 17.5 Å². The molecule has 5 nitrogen and oxygen atoms in total. The first-order valence-corrected chi connectivity index (χ1v) is 5.53. The van der Waals surface area contributed by atoms with E-state index in [0.717, 1.165) is 12.3 Å². The van der Waals surface area contributed by atoms with E-state index in [1.165, 1.54) is 6.07 Å². The van der Waals surface area contributed by atoms with Gasteiger partial charge in [0.25, 0.3) is 5.91 Å². The summed E-state index contributed by atoms with van der Waals surface area (Å²) in [5, 5.41) is 10.7. The zero-order chi connectivity index (χ0) is 15.6. The second-order valence-corrected chi connectivity index (χ2v) is 3.93. The molecular weight excluding hydrogens is 289 g/mol. The predicted octanol–water partition coefficient (Wildman–Crippen LogP) is 2.45. The first-order valence-electron chi connectivity index (χ1n) is 5.53. The number of hydrogen-bond acceptors (Lipinski definition) is 3. The number of rotatable bonds is 3. The predicted molar refractivity (Wildman–Crippen MR) is 65.5 cm³/mol. The van der Waals surface area contributed by atoms with Crippen LogP contribution in [0.2, 0.25) is 0 Å². The van der Waals surface area contributed by atoms with Crippen molar-refractivity contribution in [3.8, 4) is 0 Å². The van der Waals surface area contributed by atoms with Crippen LogP contribution in [-0.2, 0) is 0 Å². The van der Waals surface area contributed by atoms with Gasteiger partial charge in [-0.15, -0.1) is 0 Å². The van der Waals surface area contributed by atoms with Gasteiger partial charge in [0.2, 0.25) is 0 Å². The summed E-state index contributed by atoms with van der Waals surface area (Å²) < 4.78 is 39.5. The third-order valence-electron chi connectivity index (χ3n) is 2.49. The molecule has 21 heavy (non-hydrogen) atoms. The van der Waals surface area contributed by atoms with Gasteiger partial charge in [0.15, 0.2) is 11.6 Å². The standard InChI is InChI=1S/C13H7F3N2O3/c14-7-4-8(15)11(9(16)5-7)18-12(19)6-1-2-17-10(3-6)13(20)21/h1-5H,(H,18,19)(H,20,21). The van der Waals surface area contributed by atoms with Gasteiger partial charge in [-0.2, -0.15) is 0 Å². The van der Waals surface area contributed by atoms with Crippen molar-refractivity contribution in [3.63, 3.8) is 0 Å². The lowest BCUT2D eigenvalue weighted by atomic mass is 10.2. The van der Waals surface area contributed by atoms with Crippen LogP contribution in [0.4, 0.5) is 18.9 Å². The highest BCUT2D eigenvalue weighted by Gasteiger charge is 2.16. The third kappa shape index (κ3) is 3.16. The molecule has 0 aliphatic heterocycles. The summed E-state index contributed by atoms with van der Waals surface area (Å²) in [5.74, 6) is -6.00. The van der Waals surface area contributed by atoms with Crippen molar-refractivity contribution in [3.05, 3.63) is 59.2 Å². The van der Waals surface area contributed by atoms with Crippen LogP contribution in [0.25, 0.3) is 0 Å². The summed E-state index contributed by atoms with van der Waals surface area (Å²) in [6, 6.07) is 2.93. The molecule has 0 aliphatic rings. The van der Waals surface area contributed by atoms with Crippen molar-refractivity contribution in [1.29, 1.82) is 0 Å². The molecule has 0 aliphatic carbocycles. The van der Waals surface area contributed by atoms with Gasteiger partial charge in [-0.05, 0) is 12.1 Å². The van der Waals surface area contributed by atoms with Gasteiger partial charge in [0.1, 0.15) is 17.2 Å². The Labute approximate surface area is 116 Å². The minimum absolute atomic E-state index is 0.162. The molecule has 0 bridgehead atoms. The Kier molecular flexibility index (Phi) is 3.88. The minimum Gasteiger partial charge on any atom is -0.477 e. The molecular formula is C13H7F3N2O3. The largest absolute Gasteiger partial charge is 0.477 e. The SMILES string of the molecule is O=C(Nc1c(F)cc(F)cc1F)c1ccnc(C(=O)O)c1. The smallest absolute Gasteiger partial charge is 0.354 e. The summed E-state index contributed by atoms with van der Waals surface area (Å²) >= 11 is 0. The molecule has 2 aromatic rings. The highest BCUT2D eigenvalue weighted by molar-refractivity contribution is 6.05. The van der Waals surface area contributed by atoms with Crippen molar-refractivity contribution in [2.45, 2.75) is 0 Å². The maximum absolute atomic E-state index is 13.4. The van der Waals surface area contributed by atoms with Gasteiger partial charge in [-0.3, -0.25) is 4.79 Å². The highest BCUT2D eigenvalue weighted by atomic mass is 19.1. The molecule has 1 aromatic heterocycles. The zero-order valence-electron chi connectivity index (χ0n) is 10.2. The van der Waals surface area contributed by atoms with Crippen LogP contribution >= 0.6 is 0 Å². The summed E-state index contributed by atoms with van der Waals surface area (Å²) in [6.45, 7) is 0. The molecule has 1 aromatic carbocycles. The number of pyridine rings is 1. The number of carbonyl (C=O) groups is 2. The number of aromatic nitrogens is 1. The zero-order valence-corrected chi connectivity index (χ0v) is 10.2. The molecule has 0 saturated heterocycles. The molecule has 0 atom stereocenters. The number of carboxylic acids is 1. The van der Waals surface area contributed by atoms with Crippen LogP contribution in [0.3, 0.4) is 0 Å². The van der Waals surface area contributed by atoms with E-state index < -0.39 is 40.7 Å². The number of aromatic carboxylic acids is 1. The lowest BCUT2D eigenvalue weighted by molar-refractivity contribution is 0.0690. The second-order valence-electron chi connectivity index (χ2n) is 3.93. The number of nitrogens with one attached hydrogen (secondary N) is 1. The Morgan fingerprint density at radius 1 is 1.10 bits per heavy atom. The Bertz CT molecular complexity index is 711. The molecule has 0 radical (unpaired) electrons. The van der Waals surface area contributed by atoms with Crippen LogP contribution in [0.5, 0.6) is 0 Å². The van der Waals surface area contributed by atoms with E-state index in [1.807, 2.05) is 5.32 Å². The fourth-order valence-corrected chi connectivity index (χ4v) is 1.54. The fraction of sp³-hybridized carbons (Fsp3) is 0. The molecule has 108 valence electrons. The van der Waals surface area contributed by atoms with Gasteiger partial charge in [0.05, 0.1) is 0 Å². The lowest BCUT2D eigenvalue weighted by Crippen LogP contribution is -2.15. The van der Waals surface area contributed by atoms with Crippen molar-refractivity contribution < 1.29 is 27.9 Å². The average Bonchev–Trinajstić information content (AvgIpc) is 2.42. The molecule has 0 unspecified atom stereocenters. The topological polar surface area (TPSA) is 79.3 Å². The Morgan fingerprint density at radius 2 is 1.71 bits per heavy atom. The summed E-state index contributed by atoms with van der Waals surface area (Å²) in [7, 11) is 0. The molecule has 8 heteroatoms. The van der Waals surface area contributed by atoms with Crippen molar-refractivity contribution in [2.24, 2.45) is 0 Å². The van der Waals surface area contributed by atoms with Gasteiger partial charge in [-0.1, -0.05) is 0 Å². The highest BCUT2D eigenvalue weighted by Crippen LogP contribution is 2.21. The lowest BCUT2D eigenvalue weighted by Gasteiger charge is -2.08. The van der Waals surface area contributed by atoms with Gasteiger partial charge < -0.3 is 10.4 Å². The Hall–Kier alpha value is -2.90. The average molecular weight is 296 g/mol. The van der Waals surface area contributed by atoms with Gasteiger partial charge in [0, 0.05) is 23.9 Å². The van der Waals surface area contributed by atoms with E-state index >= 15 is 0 Å². The van der Waals surface area contributed by atoms with E-state index in [-0.39, 0.29) is 5.56 Å². The number of amides is 1. The number of carbonyl (C=O) groups excluding carboxylic acids is 1. The van der Waals surface area contributed by atoms with Gasteiger partial charge in [-0.25, -0.2) is 22.9 Å². The normalized spacial score (nSPS) is 10.2. The molecule has 1 amide bonds. The van der Waals surface area contributed by atoms with E-state index in [4.69, 9.17) is 5.11 Å². The van der Waals surface area contributed by atoms with E-state index in [1.54, 1.807) is 0 Å². The first kappa shape index (κ1) is 14.5. The number of halogens is 3. The number of carboxylic acid groups (broad SMARTS) is 1. The van der Waals surface area contributed by atoms with E-state index in [0.29, 0.717) is 12.1 Å². The van der Waals surface area contributed by atoms with Crippen molar-refractivity contribution >= 4 is 17.6 Å². The van der Waals surface area contributed by atoms with Crippen molar-refractivity contribution in [1.82, 2.24) is 4.98 Å². The van der Waals surface area contributed by atoms with Crippen LogP contribution in [0.15, 0.2) is 30.5 Å². The maximum Gasteiger partial charge on any atom is 0.354 e. The Balaban J connectivity index is 2.30. The van der Waals surface area contributed by atoms with Crippen LogP contribution in [-0.4, -0.2) is 22.0 Å². The quantitative estimate of drug-likeness (QED) is 0.911. The number of nitrogens with zero attached hydrogens (tertiary/aromatic N) is 1. The number of anilines is 1. The summed E-state index contributed by atoms with van der Waals surface area (Å²) in [4.78, 5) is 26.0. The minimum atomic E-state index is -1.36. The number of benzene rings is 1. The molecule has 1 heterocycles. The van der Waals surface area contributed by atoms with Crippen LogP contribution in [0.1, 0.15) is 20.8 Å². The molecule has 2 N–H and O–H groups in total. The van der Waals surface area contributed by atoms with E-state index in [9.17, 15) is 22.8 Å². The fourth-order valence-electron chi connectivity index (χ4n) is 1.54. The van der Waals surface area contributed by atoms with E-state index in [2.05, 4.69) is 4.98 Å². The van der Waals surface area contributed by atoms with Gasteiger partial charge >= 0.3 is 5.97 Å². The Morgan fingerprint density at radius 3 is 2.29 bits per heavy atom. The summed E-state index contributed by atoms with van der Waals surface area (Å²) in [6.07, 6.45) is 1.07. The second kappa shape index (κ2) is 5.61. The van der Waals surface area contributed by atoms with Crippen LogP contribution < -0.4 is 5.32 Å². The summed E-state index contributed by atoms with van der Waals surface area (Å²) in [5.41, 5.74) is -1.39.